The molecule has 9 aromatic rings. The molecule has 0 atom stereocenters. The molecule has 0 spiro atoms. The average molecular weight is 625 g/mol. The monoisotopic (exact) mass is 624 g/mol. The summed E-state index contributed by atoms with van der Waals surface area (Å²) in [7, 11) is 0. The summed E-state index contributed by atoms with van der Waals surface area (Å²) in [6, 6.07) is -11.0. The molecule has 0 saturated heterocycles. The van der Waals surface area contributed by atoms with Gasteiger partial charge in [-0.15, -0.1) is 0 Å². The molecule has 0 fully saturated rings. The van der Waals surface area contributed by atoms with Crippen molar-refractivity contribution in [1.82, 2.24) is 15.0 Å². The van der Waals surface area contributed by atoms with Gasteiger partial charge in [0.05, 0.1) is 31.5 Å². The molecular formula is C43H27N3O. The molecule has 0 bridgehead atoms. The maximum absolute atomic E-state index is 9.37. The lowest BCUT2D eigenvalue weighted by Gasteiger charge is -2.10. The number of nitrogens with zero attached hydrogens (tertiary/aromatic N) is 3. The van der Waals surface area contributed by atoms with E-state index in [1.807, 2.05) is 0 Å². The molecule has 0 radical (unpaired) electrons. The highest BCUT2D eigenvalue weighted by Gasteiger charge is 2.15. The van der Waals surface area contributed by atoms with Gasteiger partial charge >= 0.3 is 0 Å². The number of rotatable bonds is 5. The Balaban J connectivity index is 1.31. The first-order valence-electron chi connectivity index (χ1n) is 25.3. The van der Waals surface area contributed by atoms with Crippen LogP contribution in [0.5, 0.6) is 0 Å². The fourth-order valence-corrected chi connectivity index (χ4v) is 4.94. The van der Waals surface area contributed by atoms with Gasteiger partial charge in [-0.25, -0.2) is 15.0 Å². The summed E-state index contributed by atoms with van der Waals surface area (Å²) in [5.74, 6) is -1.50. The van der Waals surface area contributed by atoms with Gasteiger partial charge in [-0.1, -0.05) is 139 Å². The third kappa shape index (κ3) is 4.93. The Morgan fingerprint density at radius 1 is 0.404 bits per heavy atom. The predicted octanol–water partition coefficient (Wildman–Crippen LogP) is 11.3. The van der Waals surface area contributed by atoms with E-state index in [2.05, 4.69) is 15.0 Å². The van der Waals surface area contributed by atoms with Gasteiger partial charge in [0.25, 0.3) is 0 Å². The SMILES string of the molecule is [2H]c1c([2H])c([2H])c(-c2nc(-c3ccc(-c4c([2H])c([2H])c([2H])c5oc6c([2H])c([2H])c([2H])c([2H])c6c45)cc3)nc(-c3c([2H])c([2H])c4c([2H])c(-c5c([2H])c([2H])c([2H])c([2H])c5[2H])c([2H])c([2H])c4c3[2H])n2)c([2H])c1[2H]. The van der Waals surface area contributed by atoms with Crippen LogP contribution in [0, 0.1) is 0 Å². The third-order valence-corrected chi connectivity index (χ3v) is 7.09. The maximum Gasteiger partial charge on any atom is 0.164 e. The van der Waals surface area contributed by atoms with Crippen LogP contribution in [0.3, 0.4) is 0 Å². The van der Waals surface area contributed by atoms with E-state index in [0.717, 1.165) is 0 Å². The highest BCUT2D eigenvalue weighted by molar-refractivity contribution is 6.12. The van der Waals surface area contributed by atoms with Crippen molar-refractivity contribution in [3.8, 4) is 56.4 Å². The van der Waals surface area contributed by atoms with E-state index >= 15 is 0 Å². The van der Waals surface area contributed by atoms with E-state index in [1.54, 1.807) is 0 Å². The second-order valence-electron chi connectivity index (χ2n) is 9.89. The summed E-state index contributed by atoms with van der Waals surface area (Å²) < 4.78 is 204. The van der Waals surface area contributed by atoms with Crippen molar-refractivity contribution in [3.05, 3.63) is 163 Å². The Hall–Kier alpha value is -6.39. The van der Waals surface area contributed by atoms with Crippen molar-refractivity contribution < 1.29 is 35.9 Å². The van der Waals surface area contributed by atoms with Gasteiger partial charge in [0.1, 0.15) is 11.2 Å². The zero-order chi connectivity index (χ0) is 51.2. The lowest BCUT2D eigenvalue weighted by Crippen LogP contribution is -2.00. The minimum atomic E-state index is -0.851. The van der Waals surface area contributed by atoms with Crippen molar-refractivity contribution in [3.63, 3.8) is 0 Å². The minimum absolute atomic E-state index is 0.0391. The van der Waals surface area contributed by atoms with Gasteiger partial charge < -0.3 is 4.42 Å². The van der Waals surface area contributed by atoms with Crippen molar-refractivity contribution in [1.29, 1.82) is 0 Å². The molecule has 4 nitrogen and oxygen atoms in total. The summed E-state index contributed by atoms with van der Waals surface area (Å²) in [4.78, 5) is 13.3. The van der Waals surface area contributed by atoms with Gasteiger partial charge in [-0.05, 0) is 57.2 Å². The van der Waals surface area contributed by atoms with Gasteiger partial charge in [0.2, 0.25) is 0 Å². The van der Waals surface area contributed by atoms with Crippen molar-refractivity contribution >= 4 is 32.7 Å². The summed E-state index contributed by atoms with van der Waals surface area (Å²) in [5, 5.41) is -1.29. The van der Waals surface area contributed by atoms with E-state index in [0.29, 0.717) is 0 Å². The minimum Gasteiger partial charge on any atom is -0.456 e. The van der Waals surface area contributed by atoms with Gasteiger partial charge in [-0.3, -0.25) is 0 Å². The van der Waals surface area contributed by atoms with Crippen LogP contribution in [0.15, 0.2) is 168 Å². The van der Waals surface area contributed by atoms with Crippen molar-refractivity contribution in [2.24, 2.45) is 0 Å². The van der Waals surface area contributed by atoms with Gasteiger partial charge in [-0.2, -0.15) is 0 Å². The smallest absolute Gasteiger partial charge is 0.164 e. The first-order valence-corrected chi connectivity index (χ1v) is 13.8. The number of hydrogen-bond acceptors (Lipinski definition) is 4. The number of fused-ring (bicyclic) bond motifs is 4. The fraction of sp³-hybridized carbons (Fsp3) is 0. The van der Waals surface area contributed by atoms with E-state index < -0.39 is 184 Å². The molecule has 0 saturated carbocycles. The number of aromatic nitrogens is 3. The van der Waals surface area contributed by atoms with Crippen LogP contribution in [-0.4, -0.2) is 15.0 Å². The fourth-order valence-electron chi connectivity index (χ4n) is 4.94. The summed E-state index contributed by atoms with van der Waals surface area (Å²) in [5.41, 5.74) is -2.71. The zero-order valence-corrected chi connectivity index (χ0v) is 23.6. The third-order valence-electron chi connectivity index (χ3n) is 7.09. The Labute approximate surface area is 304 Å². The zero-order valence-electron chi connectivity index (χ0n) is 46.6. The Morgan fingerprint density at radius 2 is 0.957 bits per heavy atom. The lowest BCUT2D eigenvalue weighted by molar-refractivity contribution is 0.669. The molecule has 9 rings (SSSR count). The molecule has 0 aliphatic heterocycles. The van der Waals surface area contributed by atoms with Crippen LogP contribution in [0.1, 0.15) is 31.5 Å². The van der Waals surface area contributed by atoms with Crippen molar-refractivity contribution in [2.75, 3.05) is 0 Å². The molecule has 2 aromatic heterocycles. The topological polar surface area (TPSA) is 51.8 Å². The number of para-hydroxylation sites is 1. The second kappa shape index (κ2) is 11.2. The number of benzene rings is 7. The molecule has 0 amide bonds. The largest absolute Gasteiger partial charge is 0.456 e. The molecule has 4 heteroatoms. The molecular weight excluding hydrogens is 574 g/mol. The first-order chi connectivity index (χ1) is 32.8. The second-order valence-corrected chi connectivity index (χ2v) is 9.89. The van der Waals surface area contributed by atoms with Crippen molar-refractivity contribution in [2.45, 2.75) is 0 Å². The molecule has 7 aromatic carbocycles. The van der Waals surface area contributed by atoms with Crippen LogP contribution in [0.25, 0.3) is 89.1 Å². The maximum atomic E-state index is 9.37. The highest BCUT2D eigenvalue weighted by atomic mass is 16.3. The molecule has 2 heterocycles. The molecule has 0 N–H and O–H groups in total. The van der Waals surface area contributed by atoms with E-state index in [1.165, 1.54) is 24.3 Å². The Bertz CT molecular complexity index is 3820. The van der Waals surface area contributed by atoms with E-state index in [4.69, 9.17) is 33.2 Å². The van der Waals surface area contributed by atoms with E-state index in [-0.39, 0.29) is 44.5 Å². The molecule has 0 aliphatic rings. The Morgan fingerprint density at radius 3 is 1.70 bits per heavy atom. The Kier molecular flexibility index (Phi) is 2.96. The predicted molar refractivity (Wildman–Crippen MR) is 192 cm³/mol. The average Bonchev–Trinajstić information content (AvgIpc) is 3.74. The number of furan rings is 1. The van der Waals surface area contributed by atoms with Crippen LogP contribution in [0.2, 0.25) is 0 Å². The molecule has 0 unspecified atom stereocenters. The summed E-state index contributed by atoms with van der Waals surface area (Å²) in [6.45, 7) is 0. The normalized spacial score (nSPS) is 18.3. The molecule has 220 valence electrons. The molecule has 0 aliphatic carbocycles. The summed E-state index contributed by atoms with van der Waals surface area (Å²) in [6.07, 6.45) is 0. The van der Waals surface area contributed by atoms with E-state index in [9.17, 15) is 2.74 Å². The quantitative estimate of drug-likeness (QED) is 0.191. The van der Waals surface area contributed by atoms with Crippen LogP contribution in [0.4, 0.5) is 0 Å². The number of hydrogen-bond donors (Lipinski definition) is 0. The van der Waals surface area contributed by atoms with Gasteiger partial charge in [0, 0.05) is 27.5 Å². The standard InChI is InChI=1S/C43H27N3O/c1-3-10-28(11-4-1)32-22-23-34-27-35(25-24-33(34)26-32)43-45-41(30-12-5-2-6-13-30)44-42(46-43)31-20-18-29(19-21-31)36-15-9-17-39-40(36)37-14-7-8-16-38(37)47-39/h1-27H/i1D,2D,3D,4D,5D,6D,7D,8D,9D,10D,11D,12D,13D,14D,15D,16D,17D,22D,23D,24D,25D,26D,27D. The highest BCUT2D eigenvalue weighted by Crippen LogP contribution is 2.37. The molecule has 47 heavy (non-hydrogen) atoms. The van der Waals surface area contributed by atoms with Crippen LogP contribution in [-0.2, 0) is 0 Å². The van der Waals surface area contributed by atoms with Crippen LogP contribution >= 0.6 is 0 Å². The summed E-state index contributed by atoms with van der Waals surface area (Å²) >= 11 is 0. The first kappa shape index (κ1) is 12.4. The van der Waals surface area contributed by atoms with Crippen LogP contribution < -0.4 is 0 Å². The van der Waals surface area contributed by atoms with Gasteiger partial charge in [0.15, 0.2) is 17.5 Å². The lowest BCUT2D eigenvalue weighted by atomic mass is 9.98.